The number of carbonyl (C=O) groups is 1. The molecule has 1 aromatic carbocycles. The number of rotatable bonds is 7. The van der Waals surface area contributed by atoms with Gasteiger partial charge in [-0.3, -0.25) is 9.52 Å². The van der Waals surface area contributed by atoms with Crippen LogP contribution in [0.5, 0.6) is 0 Å². The number of hydrogen-bond acceptors (Lipinski definition) is 5. The first kappa shape index (κ1) is 18.7. The molecule has 0 saturated heterocycles. The highest BCUT2D eigenvalue weighted by molar-refractivity contribution is 7.92. The van der Waals surface area contributed by atoms with Gasteiger partial charge in [0.05, 0.1) is 16.8 Å². The van der Waals surface area contributed by atoms with E-state index in [9.17, 15) is 13.2 Å². The summed E-state index contributed by atoms with van der Waals surface area (Å²) in [5.41, 5.74) is 1.36. The topological polar surface area (TPSA) is 100 Å². The van der Waals surface area contributed by atoms with Crippen LogP contribution < -0.4 is 15.4 Å². The van der Waals surface area contributed by atoms with Crippen LogP contribution in [-0.4, -0.2) is 25.4 Å². The Labute approximate surface area is 147 Å². The molecule has 0 fully saturated rings. The van der Waals surface area contributed by atoms with E-state index in [1.807, 2.05) is 0 Å². The molecular formula is C17H22N4O3S. The van der Waals surface area contributed by atoms with Gasteiger partial charge in [-0.2, -0.15) is 0 Å². The van der Waals surface area contributed by atoms with Gasteiger partial charge in [0.15, 0.2) is 0 Å². The second-order valence-corrected chi connectivity index (χ2v) is 7.38. The van der Waals surface area contributed by atoms with Gasteiger partial charge in [0, 0.05) is 18.7 Å². The maximum Gasteiger partial charge on any atom is 0.263 e. The Morgan fingerprint density at radius 3 is 2.28 bits per heavy atom. The lowest BCUT2D eigenvalue weighted by molar-refractivity contribution is -0.114. The van der Waals surface area contributed by atoms with Crippen LogP contribution in [-0.2, 0) is 14.8 Å². The molecule has 1 amide bonds. The Bertz CT molecular complexity index is 818. The van der Waals surface area contributed by atoms with Crippen molar-refractivity contribution in [2.45, 2.75) is 38.1 Å². The molecule has 1 aromatic heterocycles. The molecule has 2 aromatic rings. The SMILES string of the molecule is CCC(C)Nc1ccc(NS(=O)(=O)c2ccc(NC(C)=O)cc2)nc1. The Morgan fingerprint density at radius 1 is 1.12 bits per heavy atom. The molecular weight excluding hydrogens is 340 g/mol. The zero-order valence-electron chi connectivity index (χ0n) is 14.4. The van der Waals surface area contributed by atoms with Crippen LogP contribution in [0.25, 0.3) is 0 Å². The monoisotopic (exact) mass is 362 g/mol. The van der Waals surface area contributed by atoms with E-state index in [4.69, 9.17) is 0 Å². The maximum atomic E-state index is 12.4. The molecule has 1 unspecified atom stereocenters. The van der Waals surface area contributed by atoms with E-state index >= 15 is 0 Å². The van der Waals surface area contributed by atoms with Crippen LogP contribution in [0.15, 0.2) is 47.5 Å². The summed E-state index contributed by atoms with van der Waals surface area (Å²) in [4.78, 5) is 15.2. The third-order valence-corrected chi connectivity index (χ3v) is 4.88. The second-order valence-electron chi connectivity index (χ2n) is 5.70. The average molecular weight is 362 g/mol. The van der Waals surface area contributed by atoms with Crippen molar-refractivity contribution in [3.63, 3.8) is 0 Å². The van der Waals surface area contributed by atoms with Crippen LogP contribution in [0.1, 0.15) is 27.2 Å². The average Bonchev–Trinajstić information content (AvgIpc) is 2.56. The summed E-state index contributed by atoms with van der Waals surface area (Å²) >= 11 is 0. The summed E-state index contributed by atoms with van der Waals surface area (Å²) in [7, 11) is -3.74. The van der Waals surface area contributed by atoms with E-state index in [2.05, 4.69) is 34.2 Å². The Hall–Kier alpha value is -2.61. The Morgan fingerprint density at radius 2 is 1.76 bits per heavy atom. The predicted octanol–water partition coefficient (Wildman–Crippen LogP) is 3.05. The van der Waals surface area contributed by atoms with E-state index in [1.54, 1.807) is 18.3 Å². The predicted molar refractivity (Wildman–Crippen MR) is 99.2 cm³/mol. The molecule has 8 heteroatoms. The van der Waals surface area contributed by atoms with Crippen molar-refractivity contribution >= 4 is 33.1 Å². The number of sulfonamides is 1. The first-order valence-electron chi connectivity index (χ1n) is 7.93. The zero-order valence-corrected chi connectivity index (χ0v) is 15.2. The van der Waals surface area contributed by atoms with Gasteiger partial charge in [-0.25, -0.2) is 13.4 Å². The number of nitrogens with zero attached hydrogens (tertiary/aromatic N) is 1. The highest BCUT2D eigenvalue weighted by Crippen LogP contribution is 2.18. The molecule has 0 saturated carbocycles. The third kappa shape index (κ3) is 5.46. The van der Waals surface area contributed by atoms with Gasteiger partial charge >= 0.3 is 0 Å². The molecule has 0 bridgehead atoms. The number of aromatic nitrogens is 1. The van der Waals surface area contributed by atoms with E-state index in [-0.39, 0.29) is 16.6 Å². The normalized spacial score (nSPS) is 12.3. The van der Waals surface area contributed by atoms with Gasteiger partial charge in [-0.15, -0.1) is 0 Å². The molecule has 2 rings (SSSR count). The molecule has 0 spiro atoms. The highest BCUT2D eigenvalue weighted by atomic mass is 32.2. The van der Waals surface area contributed by atoms with Crippen LogP contribution in [0, 0.1) is 0 Å². The quantitative estimate of drug-likeness (QED) is 0.703. The lowest BCUT2D eigenvalue weighted by atomic mass is 10.2. The molecule has 0 aliphatic rings. The Kier molecular flexibility index (Phi) is 5.97. The van der Waals surface area contributed by atoms with Crippen molar-refractivity contribution in [3.8, 4) is 0 Å². The third-order valence-electron chi connectivity index (χ3n) is 3.51. The highest BCUT2D eigenvalue weighted by Gasteiger charge is 2.15. The second kappa shape index (κ2) is 7.98. The summed E-state index contributed by atoms with van der Waals surface area (Å²) in [5.74, 6) is 0.0182. The number of hydrogen-bond donors (Lipinski definition) is 3. The first-order valence-corrected chi connectivity index (χ1v) is 9.41. The molecule has 25 heavy (non-hydrogen) atoms. The van der Waals surface area contributed by atoms with Gasteiger partial charge in [-0.05, 0) is 49.7 Å². The zero-order chi connectivity index (χ0) is 18.4. The van der Waals surface area contributed by atoms with Crippen LogP contribution >= 0.6 is 0 Å². The van der Waals surface area contributed by atoms with Gasteiger partial charge in [0.25, 0.3) is 10.0 Å². The van der Waals surface area contributed by atoms with Gasteiger partial charge < -0.3 is 10.6 Å². The minimum absolute atomic E-state index is 0.0882. The number of carbonyl (C=O) groups excluding carboxylic acids is 1. The fraction of sp³-hybridized carbons (Fsp3) is 0.294. The minimum Gasteiger partial charge on any atom is -0.381 e. The summed E-state index contributed by atoms with van der Waals surface area (Å²) in [6.07, 6.45) is 2.56. The van der Waals surface area contributed by atoms with Gasteiger partial charge in [0.1, 0.15) is 5.82 Å². The molecule has 3 N–H and O–H groups in total. The fourth-order valence-corrected chi connectivity index (χ4v) is 3.05. The number of pyridine rings is 1. The minimum atomic E-state index is -3.74. The van der Waals surface area contributed by atoms with Gasteiger partial charge in [0.2, 0.25) is 5.91 Å². The molecule has 1 heterocycles. The molecule has 0 aliphatic heterocycles. The number of anilines is 3. The summed E-state index contributed by atoms with van der Waals surface area (Å²) in [6.45, 7) is 5.52. The maximum absolute atomic E-state index is 12.4. The van der Waals surface area contributed by atoms with E-state index in [0.717, 1.165) is 12.1 Å². The molecule has 1 atom stereocenters. The van der Waals surface area contributed by atoms with E-state index in [1.165, 1.54) is 31.2 Å². The largest absolute Gasteiger partial charge is 0.381 e. The summed E-state index contributed by atoms with van der Waals surface area (Å²) in [6, 6.07) is 9.60. The van der Waals surface area contributed by atoms with Crippen molar-refractivity contribution in [1.82, 2.24) is 4.98 Å². The molecule has 7 nitrogen and oxygen atoms in total. The number of amides is 1. The van der Waals surface area contributed by atoms with Crippen molar-refractivity contribution in [3.05, 3.63) is 42.6 Å². The fourth-order valence-electron chi connectivity index (χ4n) is 2.04. The lowest BCUT2D eigenvalue weighted by Gasteiger charge is -2.13. The summed E-state index contributed by atoms with van der Waals surface area (Å²) < 4.78 is 27.2. The number of nitrogens with one attached hydrogen (secondary N) is 3. The first-order chi connectivity index (χ1) is 11.8. The van der Waals surface area contributed by atoms with Crippen LogP contribution in [0.2, 0.25) is 0 Å². The smallest absolute Gasteiger partial charge is 0.263 e. The molecule has 0 radical (unpaired) electrons. The molecule has 134 valence electrons. The summed E-state index contributed by atoms with van der Waals surface area (Å²) in [5, 5.41) is 5.85. The standard InChI is InChI=1S/C17H22N4O3S/c1-4-12(2)19-15-7-10-17(18-11-15)21-25(23,24)16-8-5-14(6-9-16)20-13(3)22/h5-12,19H,4H2,1-3H3,(H,18,21)(H,20,22). The van der Waals surface area contributed by atoms with Gasteiger partial charge in [-0.1, -0.05) is 6.92 Å². The number of benzene rings is 1. The van der Waals surface area contributed by atoms with Crippen LogP contribution in [0.4, 0.5) is 17.2 Å². The van der Waals surface area contributed by atoms with Crippen molar-refractivity contribution in [2.75, 3.05) is 15.4 Å². The van der Waals surface area contributed by atoms with E-state index in [0.29, 0.717) is 11.7 Å². The van der Waals surface area contributed by atoms with E-state index < -0.39 is 10.0 Å². The Balaban J connectivity index is 2.08. The molecule has 0 aliphatic carbocycles. The van der Waals surface area contributed by atoms with Crippen molar-refractivity contribution in [1.29, 1.82) is 0 Å². The van der Waals surface area contributed by atoms with Crippen molar-refractivity contribution in [2.24, 2.45) is 0 Å². The van der Waals surface area contributed by atoms with Crippen molar-refractivity contribution < 1.29 is 13.2 Å². The lowest BCUT2D eigenvalue weighted by Crippen LogP contribution is -2.15. The van der Waals surface area contributed by atoms with Crippen LogP contribution in [0.3, 0.4) is 0 Å².